The van der Waals surface area contributed by atoms with Gasteiger partial charge in [-0.15, -0.1) is 0 Å². The Bertz CT molecular complexity index is 1250. The predicted octanol–water partition coefficient (Wildman–Crippen LogP) is 7.84. The van der Waals surface area contributed by atoms with Crippen LogP contribution >= 0.6 is 39.1 Å². The largest absolute Gasteiger partial charge is 0.417 e. The molecule has 17 heteroatoms. The highest BCUT2D eigenvalue weighted by Crippen LogP contribution is 2.43. The molecule has 0 aliphatic rings. The number of benzene rings is 2. The van der Waals surface area contributed by atoms with Crippen LogP contribution < -0.4 is 10.6 Å². The maximum Gasteiger partial charge on any atom is 0.417 e. The second-order valence-corrected chi connectivity index (χ2v) is 9.27. The van der Waals surface area contributed by atoms with E-state index in [0.717, 1.165) is 12.1 Å². The molecule has 0 bridgehead atoms. The number of hydrogen-bond donors (Lipinski definition) is 2. The number of carbonyl (C=O) groups excluding carboxylic acids is 2. The molecule has 1 unspecified atom stereocenters. The van der Waals surface area contributed by atoms with Crippen molar-refractivity contribution in [3.8, 4) is 0 Å². The summed E-state index contributed by atoms with van der Waals surface area (Å²) >= 11 is 14.6. The molecule has 1 atom stereocenters. The summed E-state index contributed by atoms with van der Waals surface area (Å²) in [7, 11) is 0. The average molecular weight is 678 g/mol. The zero-order chi connectivity index (χ0) is 29.9. The van der Waals surface area contributed by atoms with Crippen LogP contribution in [0.4, 0.5) is 43.9 Å². The molecule has 214 valence electrons. The Morgan fingerprint density at radius 1 is 0.923 bits per heavy atom. The molecule has 0 saturated heterocycles. The molecule has 2 rings (SSSR count). The van der Waals surface area contributed by atoms with Crippen molar-refractivity contribution < 1.29 is 53.5 Å². The van der Waals surface area contributed by atoms with Gasteiger partial charge in [0.15, 0.2) is 0 Å². The fourth-order valence-corrected chi connectivity index (χ4v) is 3.75. The van der Waals surface area contributed by atoms with Crippen molar-refractivity contribution >= 4 is 56.8 Å². The number of rotatable bonds is 7. The molecule has 0 fully saturated rings. The first-order chi connectivity index (χ1) is 17.7. The van der Waals surface area contributed by atoms with Crippen LogP contribution in [0.2, 0.25) is 10.0 Å². The summed E-state index contributed by atoms with van der Waals surface area (Å²) < 4.78 is 133. The average Bonchev–Trinajstić information content (AvgIpc) is 2.80. The number of alkyl halides is 9. The molecule has 2 aromatic carbocycles. The maximum atomic E-state index is 14.9. The summed E-state index contributed by atoms with van der Waals surface area (Å²) in [4.78, 5) is 23.6. The van der Waals surface area contributed by atoms with Gasteiger partial charge in [-0.1, -0.05) is 29.3 Å². The highest BCUT2D eigenvalue weighted by molar-refractivity contribution is 9.10. The lowest BCUT2D eigenvalue weighted by molar-refractivity contribution is -0.140. The molecule has 39 heavy (non-hydrogen) atoms. The molecule has 0 heterocycles. The van der Waals surface area contributed by atoms with Crippen LogP contribution in [0.25, 0.3) is 5.83 Å². The number of amides is 2. The maximum absolute atomic E-state index is 14.9. The number of allylic oxidation sites excluding steroid dienone is 1. The van der Waals surface area contributed by atoms with Crippen LogP contribution in [0.15, 0.2) is 40.9 Å². The fourth-order valence-electron chi connectivity index (χ4n) is 3.02. The SMILES string of the molecule is O=C(CNC(=O)c1ccc(/C(F)=C/C(c2cc(Cl)c(Br)c(Cl)c2)C(F)(F)F)cc1C(F)(F)F)NCC(F)(F)F. The lowest BCUT2D eigenvalue weighted by atomic mass is 9.95. The van der Waals surface area contributed by atoms with Crippen LogP contribution in [0, 0.1) is 0 Å². The zero-order valence-electron chi connectivity index (χ0n) is 18.7. The highest BCUT2D eigenvalue weighted by atomic mass is 79.9. The second kappa shape index (κ2) is 12.3. The summed E-state index contributed by atoms with van der Waals surface area (Å²) in [5, 5.41) is 2.57. The van der Waals surface area contributed by atoms with E-state index in [1.165, 1.54) is 5.32 Å². The van der Waals surface area contributed by atoms with E-state index < -0.39 is 77.4 Å². The van der Waals surface area contributed by atoms with Crippen molar-refractivity contribution in [2.45, 2.75) is 24.4 Å². The van der Waals surface area contributed by atoms with Gasteiger partial charge in [0.25, 0.3) is 5.91 Å². The number of carbonyl (C=O) groups is 2. The molecule has 0 aliphatic heterocycles. The molecule has 0 aliphatic carbocycles. The molecular formula is C22H13BrCl2F10N2O2. The number of hydrogen-bond acceptors (Lipinski definition) is 2. The molecule has 0 saturated carbocycles. The van der Waals surface area contributed by atoms with Gasteiger partial charge in [-0.25, -0.2) is 4.39 Å². The van der Waals surface area contributed by atoms with Crippen molar-refractivity contribution in [3.05, 3.63) is 73.2 Å². The monoisotopic (exact) mass is 676 g/mol. The Morgan fingerprint density at radius 3 is 1.97 bits per heavy atom. The Balaban J connectivity index is 2.41. The minimum atomic E-state index is -5.32. The number of halogens is 13. The van der Waals surface area contributed by atoms with Gasteiger partial charge in [-0.3, -0.25) is 9.59 Å². The fraction of sp³-hybridized carbons (Fsp3) is 0.273. The lowest BCUT2D eigenvalue weighted by Crippen LogP contribution is -2.41. The first kappa shape index (κ1) is 32.7. The Hall–Kier alpha value is -2.52. The van der Waals surface area contributed by atoms with E-state index in [1.54, 1.807) is 5.32 Å². The summed E-state index contributed by atoms with van der Waals surface area (Å²) in [6, 6.07) is 2.75. The van der Waals surface area contributed by atoms with Gasteiger partial charge in [-0.2, -0.15) is 39.5 Å². The minimum absolute atomic E-state index is 0.00385. The van der Waals surface area contributed by atoms with Crippen LogP contribution in [0.1, 0.15) is 33.0 Å². The van der Waals surface area contributed by atoms with Crippen molar-refractivity contribution in [3.63, 3.8) is 0 Å². The Morgan fingerprint density at radius 2 is 1.49 bits per heavy atom. The van der Waals surface area contributed by atoms with Crippen LogP contribution in [0.3, 0.4) is 0 Å². The highest BCUT2D eigenvalue weighted by Gasteiger charge is 2.41. The van der Waals surface area contributed by atoms with Crippen molar-refractivity contribution in [2.24, 2.45) is 0 Å². The number of nitrogens with one attached hydrogen (secondary N) is 2. The van der Waals surface area contributed by atoms with Gasteiger partial charge in [0.05, 0.1) is 32.2 Å². The van der Waals surface area contributed by atoms with Gasteiger partial charge in [0.2, 0.25) is 5.91 Å². The normalized spacial score (nSPS) is 13.7. The molecule has 0 radical (unpaired) electrons. The summed E-state index contributed by atoms with van der Waals surface area (Å²) in [6.45, 7) is -2.89. The first-order valence-corrected chi connectivity index (χ1v) is 11.7. The van der Waals surface area contributed by atoms with Crippen molar-refractivity contribution in [1.29, 1.82) is 0 Å². The minimum Gasteiger partial charge on any atom is -0.345 e. The molecule has 0 spiro atoms. The van der Waals surface area contributed by atoms with E-state index in [2.05, 4.69) is 15.9 Å². The quantitative estimate of drug-likeness (QED) is 0.232. The molecule has 2 aromatic rings. The van der Waals surface area contributed by atoms with E-state index >= 15 is 0 Å². The molecular weight excluding hydrogens is 665 g/mol. The third-order valence-corrected chi connectivity index (χ3v) is 6.68. The van der Waals surface area contributed by atoms with Crippen molar-refractivity contribution in [1.82, 2.24) is 10.6 Å². The van der Waals surface area contributed by atoms with Crippen molar-refractivity contribution in [2.75, 3.05) is 13.1 Å². The summed E-state index contributed by atoms with van der Waals surface area (Å²) in [5.41, 5.74) is -4.55. The smallest absolute Gasteiger partial charge is 0.345 e. The lowest BCUT2D eigenvalue weighted by Gasteiger charge is -2.19. The zero-order valence-corrected chi connectivity index (χ0v) is 21.8. The van der Waals surface area contributed by atoms with E-state index in [-0.39, 0.29) is 26.7 Å². The van der Waals surface area contributed by atoms with Gasteiger partial charge in [0.1, 0.15) is 18.3 Å². The van der Waals surface area contributed by atoms with Gasteiger partial charge < -0.3 is 10.6 Å². The van der Waals surface area contributed by atoms with Gasteiger partial charge >= 0.3 is 18.5 Å². The predicted molar refractivity (Wildman–Crippen MR) is 125 cm³/mol. The van der Waals surface area contributed by atoms with Crippen LogP contribution in [0.5, 0.6) is 0 Å². The molecule has 0 aromatic heterocycles. The standard InChI is InChI=1S/C22H13BrCl2F10N2O2/c23-18-14(24)4-10(5-15(18)25)12(21(30,31)32)6-16(26)9-1-2-11(13(3-9)22(33,34)35)19(39)36-7-17(38)37-8-20(27,28)29/h1-6,12H,7-8H2,(H,36,39)(H,37,38)/b16-6-. The first-order valence-electron chi connectivity index (χ1n) is 10.1. The Kier molecular flexibility index (Phi) is 10.3. The van der Waals surface area contributed by atoms with Crippen LogP contribution in [-0.2, 0) is 11.0 Å². The summed E-state index contributed by atoms with van der Waals surface area (Å²) in [6.07, 6.45) is -15.2. The second-order valence-electron chi connectivity index (χ2n) is 7.67. The van der Waals surface area contributed by atoms with E-state index in [9.17, 15) is 53.5 Å². The van der Waals surface area contributed by atoms with E-state index in [0.29, 0.717) is 12.1 Å². The Labute approximate surface area is 231 Å². The summed E-state index contributed by atoms with van der Waals surface area (Å²) in [5.74, 6) is -7.36. The molecule has 2 amide bonds. The van der Waals surface area contributed by atoms with E-state index in [1.807, 2.05) is 0 Å². The molecule has 4 nitrogen and oxygen atoms in total. The third kappa shape index (κ3) is 9.28. The van der Waals surface area contributed by atoms with Gasteiger partial charge in [0, 0.05) is 5.56 Å². The van der Waals surface area contributed by atoms with Gasteiger partial charge in [-0.05, 0) is 51.8 Å². The molecule has 2 N–H and O–H groups in total. The topological polar surface area (TPSA) is 58.2 Å². The van der Waals surface area contributed by atoms with Crippen LogP contribution in [-0.4, -0.2) is 37.3 Å². The third-order valence-electron chi connectivity index (χ3n) is 4.77. The van der Waals surface area contributed by atoms with E-state index in [4.69, 9.17) is 23.2 Å².